The third-order valence-corrected chi connectivity index (χ3v) is 4.11. The molecule has 2 amide bonds. The van der Waals surface area contributed by atoms with E-state index >= 15 is 0 Å². The molecule has 0 saturated heterocycles. The third kappa shape index (κ3) is 9.29. The van der Waals surface area contributed by atoms with Gasteiger partial charge in [-0.05, 0) is 48.9 Å². The molecule has 0 fully saturated rings. The number of rotatable bonds is 10. The van der Waals surface area contributed by atoms with E-state index in [1.54, 1.807) is 13.0 Å². The molecular weight excluding hydrogens is 472 g/mol. The highest BCUT2D eigenvalue weighted by Gasteiger charge is 2.12. The van der Waals surface area contributed by atoms with Crippen LogP contribution in [0.4, 0.5) is 11.4 Å². The monoisotopic (exact) mass is 498 g/mol. The van der Waals surface area contributed by atoms with Crippen molar-refractivity contribution in [1.29, 1.82) is 0 Å². The minimum absolute atomic E-state index is 0.0265. The summed E-state index contributed by atoms with van der Waals surface area (Å²) in [7, 11) is 0. The lowest BCUT2D eigenvalue weighted by Crippen LogP contribution is -2.16. The Morgan fingerprint density at radius 2 is 1.50 bits per heavy atom. The van der Waals surface area contributed by atoms with Crippen LogP contribution in [0.25, 0.3) is 6.08 Å². The van der Waals surface area contributed by atoms with Crippen molar-refractivity contribution in [2.45, 2.75) is 27.7 Å². The zero-order valence-corrected chi connectivity index (χ0v) is 20.2. The molecule has 11 nitrogen and oxygen atoms in total. The predicted octanol–water partition coefficient (Wildman–Crippen LogP) is 3.09. The standard InChI is InChI=1S/C25H26N2O9/c1-5-33-25(32)14-34-21-10-8-19(13-20(21)26-15(2)28)27-24(31)11-7-18-6-9-22(35-16(3)29)23(12-18)36-17(4)30/h6-13H,5,14H2,1-4H3,(H,26,28)(H,27,31)/b11-7+. The van der Waals surface area contributed by atoms with Gasteiger partial charge < -0.3 is 29.6 Å². The Hall–Kier alpha value is -4.67. The van der Waals surface area contributed by atoms with Crippen LogP contribution in [0, 0.1) is 0 Å². The van der Waals surface area contributed by atoms with Gasteiger partial charge in [0.25, 0.3) is 0 Å². The predicted molar refractivity (Wildman–Crippen MR) is 130 cm³/mol. The molecule has 2 N–H and O–H groups in total. The van der Waals surface area contributed by atoms with Crippen LogP contribution in [0.15, 0.2) is 42.5 Å². The van der Waals surface area contributed by atoms with Crippen molar-refractivity contribution in [1.82, 2.24) is 0 Å². The Morgan fingerprint density at radius 3 is 2.14 bits per heavy atom. The second-order valence-electron chi connectivity index (χ2n) is 7.20. The molecule has 0 aliphatic carbocycles. The van der Waals surface area contributed by atoms with Crippen molar-refractivity contribution in [3.63, 3.8) is 0 Å². The van der Waals surface area contributed by atoms with E-state index in [9.17, 15) is 24.0 Å². The fourth-order valence-corrected chi connectivity index (χ4v) is 2.82. The van der Waals surface area contributed by atoms with Crippen LogP contribution in [0.1, 0.15) is 33.3 Å². The van der Waals surface area contributed by atoms with E-state index in [4.69, 9.17) is 18.9 Å². The lowest BCUT2D eigenvalue weighted by Gasteiger charge is -2.13. The number of anilines is 2. The molecule has 2 rings (SSSR count). The van der Waals surface area contributed by atoms with Crippen LogP contribution in [-0.4, -0.2) is 42.9 Å². The molecule has 0 spiro atoms. The molecule has 0 aromatic heterocycles. The van der Waals surface area contributed by atoms with E-state index < -0.39 is 23.8 Å². The summed E-state index contributed by atoms with van der Waals surface area (Å²) in [6.07, 6.45) is 2.70. The molecule has 36 heavy (non-hydrogen) atoms. The summed E-state index contributed by atoms with van der Waals surface area (Å²) in [5.41, 5.74) is 1.10. The summed E-state index contributed by atoms with van der Waals surface area (Å²) in [5, 5.41) is 5.22. The van der Waals surface area contributed by atoms with Crippen molar-refractivity contribution >= 4 is 47.2 Å². The highest BCUT2D eigenvalue weighted by molar-refractivity contribution is 6.02. The zero-order valence-electron chi connectivity index (χ0n) is 20.2. The van der Waals surface area contributed by atoms with Crippen molar-refractivity contribution in [3.8, 4) is 17.2 Å². The summed E-state index contributed by atoms with van der Waals surface area (Å²) in [5.74, 6) is -2.31. The Labute approximate surface area is 207 Å². The van der Waals surface area contributed by atoms with Crippen LogP contribution >= 0.6 is 0 Å². The molecule has 0 unspecified atom stereocenters. The average molecular weight is 498 g/mol. The molecule has 0 atom stereocenters. The highest BCUT2D eigenvalue weighted by Crippen LogP contribution is 2.30. The Balaban J connectivity index is 2.15. The van der Waals surface area contributed by atoms with Crippen molar-refractivity contribution in [2.75, 3.05) is 23.8 Å². The molecule has 0 saturated carbocycles. The Morgan fingerprint density at radius 1 is 0.833 bits per heavy atom. The number of nitrogens with one attached hydrogen (secondary N) is 2. The van der Waals surface area contributed by atoms with Crippen molar-refractivity contribution < 1.29 is 42.9 Å². The fraction of sp³-hybridized carbons (Fsp3) is 0.240. The summed E-state index contributed by atoms with van der Waals surface area (Å²) in [4.78, 5) is 58.1. The van der Waals surface area contributed by atoms with Gasteiger partial charge in [-0.15, -0.1) is 0 Å². The van der Waals surface area contributed by atoms with Gasteiger partial charge in [0.1, 0.15) is 5.75 Å². The van der Waals surface area contributed by atoms with E-state index in [0.717, 1.165) is 0 Å². The van der Waals surface area contributed by atoms with E-state index in [-0.39, 0.29) is 42.1 Å². The molecule has 0 radical (unpaired) electrons. The lowest BCUT2D eigenvalue weighted by atomic mass is 10.2. The molecule has 0 heterocycles. The first-order valence-corrected chi connectivity index (χ1v) is 10.8. The van der Waals surface area contributed by atoms with Gasteiger partial charge in [-0.1, -0.05) is 6.07 Å². The molecule has 2 aromatic rings. The number of amides is 2. The minimum atomic E-state index is -0.605. The van der Waals surface area contributed by atoms with Gasteiger partial charge in [0.15, 0.2) is 18.1 Å². The first kappa shape index (κ1) is 27.6. The smallest absolute Gasteiger partial charge is 0.344 e. The van der Waals surface area contributed by atoms with Crippen LogP contribution in [0.3, 0.4) is 0 Å². The van der Waals surface area contributed by atoms with Crippen LogP contribution in [0.2, 0.25) is 0 Å². The Bertz CT molecular complexity index is 1190. The van der Waals surface area contributed by atoms with Gasteiger partial charge in [-0.25, -0.2) is 4.79 Å². The number of benzene rings is 2. The maximum Gasteiger partial charge on any atom is 0.344 e. The molecular formula is C25H26N2O9. The second kappa shape index (κ2) is 13.3. The van der Waals surface area contributed by atoms with E-state index in [1.165, 1.54) is 63.3 Å². The van der Waals surface area contributed by atoms with E-state index in [2.05, 4.69) is 10.6 Å². The first-order valence-electron chi connectivity index (χ1n) is 10.8. The van der Waals surface area contributed by atoms with Crippen LogP contribution in [0.5, 0.6) is 17.2 Å². The number of ether oxygens (including phenoxy) is 4. The van der Waals surface area contributed by atoms with Crippen LogP contribution in [-0.2, 0) is 28.7 Å². The Kier molecular flexibility index (Phi) is 10.2. The van der Waals surface area contributed by atoms with Gasteiger partial charge in [0, 0.05) is 32.5 Å². The topological polar surface area (TPSA) is 146 Å². The van der Waals surface area contributed by atoms with Gasteiger partial charge in [-0.3, -0.25) is 19.2 Å². The van der Waals surface area contributed by atoms with Crippen LogP contribution < -0.4 is 24.8 Å². The molecule has 0 aliphatic rings. The lowest BCUT2D eigenvalue weighted by molar-refractivity contribution is -0.145. The largest absolute Gasteiger partial charge is 0.480 e. The quantitative estimate of drug-likeness (QED) is 0.286. The first-order chi connectivity index (χ1) is 17.1. The van der Waals surface area contributed by atoms with Crippen molar-refractivity contribution in [3.05, 3.63) is 48.0 Å². The molecule has 2 aromatic carbocycles. The molecule has 11 heteroatoms. The van der Waals surface area contributed by atoms with E-state index in [1.807, 2.05) is 0 Å². The minimum Gasteiger partial charge on any atom is -0.480 e. The summed E-state index contributed by atoms with van der Waals surface area (Å²) in [6, 6.07) is 8.94. The summed E-state index contributed by atoms with van der Waals surface area (Å²) in [6.45, 7) is 5.26. The van der Waals surface area contributed by atoms with Gasteiger partial charge >= 0.3 is 17.9 Å². The van der Waals surface area contributed by atoms with Gasteiger partial charge in [0.2, 0.25) is 11.8 Å². The number of carbonyl (C=O) groups excluding carboxylic acids is 5. The second-order valence-corrected chi connectivity index (χ2v) is 7.20. The number of esters is 3. The maximum atomic E-state index is 12.4. The maximum absolute atomic E-state index is 12.4. The van der Waals surface area contributed by atoms with Gasteiger partial charge in [0.05, 0.1) is 12.3 Å². The summed E-state index contributed by atoms with van der Waals surface area (Å²) >= 11 is 0. The highest BCUT2D eigenvalue weighted by atomic mass is 16.6. The molecule has 0 bridgehead atoms. The molecule has 0 aliphatic heterocycles. The number of hydrogen-bond donors (Lipinski definition) is 2. The average Bonchev–Trinajstić information content (AvgIpc) is 2.78. The number of hydrogen-bond acceptors (Lipinski definition) is 9. The fourth-order valence-electron chi connectivity index (χ4n) is 2.82. The normalized spacial score (nSPS) is 10.3. The van der Waals surface area contributed by atoms with Gasteiger partial charge in [-0.2, -0.15) is 0 Å². The van der Waals surface area contributed by atoms with Crippen molar-refractivity contribution in [2.24, 2.45) is 0 Å². The zero-order chi connectivity index (χ0) is 26.7. The SMILES string of the molecule is CCOC(=O)COc1ccc(NC(=O)/C=C/c2ccc(OC(C)=O)c(OC(C)=O)c2)cc1NC(C)=O. The van der Waals surface area contributed by atoms with E-state index in [0.29, 0.717) is 11.3 Å². The summed E-state index contributed by atoms with van der Waals surface area (Å²) < 4.78 is 20.3. The third-order valence-electron chi connectivity index (χ3n) is 4.11. The molecule has 190 valence electrons. The number of carbonyl (C=O) groups is 5.